The molecule has 5 nitrogen and oxygen atoms in total. The van der Waals surface area contributed by atoms with Crippen LogP contribution < -0.4 is 10.1 Å². The summed E-state index contributed by atoms with van der Waals surface area (Å²) in [6.07, 6.45) is 0. The van der Waals surface area contributed by atoms with Crippen molar-refractivity contribution in [2.45, 2.75) is 33.4 Å². The van der Waals surface area contributed by atoms with Crippen LogP contribution in [0.4, 0.5) is 0 Å². The third-order valence-electron chi connectivity index (χ3n) is 5.19. The number of fused-ring (bicyclic) bond motifs is 1. The Balaban J connectivity index is 1.77. The Morgan fingerprint density at radius 3 is 2.47 bits per heavy atom. The Morgan fingerprint density at radius 1 is 1.00 bits per heavy atom. The van der Waals surface area contributed by atoms with E-state index in [1.54, 1.807) is 19.1 Å². The van der Waals surface area contributed by atoms with Crippen LogP contribution in [0.2, 0.25) is 5.02 Å². The second-order valence-electron chi connectivity index (χ2n) is 8.23. The van der Waals surface area contributed by atoms with Crippen molar-refractivity contribution < 1.29 is 14.3 Å². The number of halogens is 1. The maximum Gasteiger partial charge on any atom is 0.261 e. The molecule has 3 aromatic rings. The first kappa shape index (κ1) is 23.6. The monoisotopic (exact) mass is 452 g/mol. The lowest BCUT2D eigenvalue weighted by atomic mass is 10.1. The third-order valence-corrected chi connectivity index (χ3v) is 5.43. The van der Waals surface area contributed by atoms with E-state index in [0.29, 0.717) is 23.2 Å². The fraction of sp³-hybridized carbons (Fsp3) is 0.308. The maximum absolute atomic E-state index is 13.2. The van der Waals surface area contributed by atoms with Gasteiger partial charge in [0.1, 0.15) is 11.8 Å². The molecule has 3 aromatic carbocycles. The van der Waals surface area contributed by atoms with Crippen molar-refractivity contribution in [3.63, 3.8) is 0 Å². The van der Waals surface area contributed by atoms with Gasteiger partial charge < -0.3 is 15.0 Å². The Hall–Kier alpha value is -3.05. The maximum atomic E-state index is 13.2. The smallest absolute Gasteiger partial charge is 0.261 e. The number of hydrogen-bond donors (Lipinski definition) is 1. The second-order valence-corrected chi connectivity index (χ2v) is 8.67. The third kappa shape index (κ3) is 6.24. The topological polar surface area (TPSA) is 58.6 Å². The van der Waals surface area contributed by atoms with E-state index in [1.807, 2.05) is 68.4 Å². The van der Waals surface area contributed by atoms with Gasteiger partial charge in [-0.25, -0.2) is 0 Å². The van der Waals surface area contributed by atoms with Crippen LogP contribution in [0.1, 0.15) is 26.3 Å². The molecule has 0 unspecified atom stereocenters. The van der Waals surface area contributed by atoms with Crippen molar-refractivity contribution >= 4 is 34.2 Å². The summed E-state index contributed by atoms with van der Waals surface area (Å²) in [5.74, 6) is 0.485. The Morgan fingerprint density at radius 2 is 1.72 bits per heavy atom. The summed E-state index contributed by atoms with van der Waals surface area (Å²) in [6, 6.07) is 20.2. The van der Waals surface area contributed by atoms with Gasteiger partial charge in [0, 0.05) is 23.5 Å². The van der Waals surface area contributed by atoms with Crippen LogP contribution in [0.5, 0.6) is 5.75 Å². The summed E-state index contributed by atoms with van der Waals surface area (Å²) in [6.45, 7) is 6.42. The van der Waals surface area contributed by atoms with Crippen molar-refractivity contribution in [2.75, 3.05) is 13.2 Å². The first-order valence-corrected chi connectivity index (χ1v) is 11.1. The summed E-state index contributed by atoms with van der Waals surface area (Å²) in [5.41, 5.74) is 0.847. The minimum Gasteiger partial charge on any atom is -0.483 e. The highest BCUT2D eigenvalue weighted by molar-refractivity contribution is 6.30. The van der Waals surface area contributed by atoms with Crippen LogP contribution in [0.25, 0.3) is 10.8 Å². The van der Waals surface area contributed by atoms with Gasteiger partial charge in [-0.2, -0.15) is 0 Å². The number of ether oxygens (including phenoxy) is 1. The highest BCUT2D eigenvalue weighted by atomic mass is 35.5. The average molecular weight is 453 g/mol. The number of hydrogen-bond acceptors (Lipinski definition) is 3. The molecule has 0 saturated carbocycles. The molecular formula is C26H29ClN2O3. The van der Waals surface area contributed by atoms with E-state index in [4.69, 9.17) is 16.3 Å². The molecule has 0 fully saturated rings. The number of nitrogens with one attached hydrogen (secondary N) is 1. The molecule has 0 radical (unpaired) electrons. The molecule has 1 atom stereocenters. The molecule has 0 aliphatic rings. The van der Waals surface area contributed by atoms with Gasteiger partial charge >= 0.3 is 0 Å². The predicted octanol–water partition coefficient (Wildman–Crippen LogP) is 5.06. The van der Waals surface area contributed by atoms with Gasteiger partial charge in [0.25, 0.3) is 5.91 Å². The Kier molecular flexibility index (Phi) is 8.12. The zero-order valence-electron chi connectivity index (χ0n) is 18.7. The minimum atomic E-state index is -0.656. The fourth-order valence-electron chi connectivity index (χ4n) is 3.41. The van der Waals surface area contributed by atoms with Crippen molar-refractivity contribution in [2.24, 2.45) is 5.92 Å². The summed E-state index contributed by atoms with van der Waals surface area (Å²) in [7, 11) is 0. The molecule has 0 bridgehead atoms. The number of rotatable bonds is 9. The normalized spacial score (nSPS) is 11.9. The zero-order chi connectivity index (χ0) is 23.1. The lowest BCUT2D eigenvalue weighted by molar-refractivity contribution is -0.142. The highest BCUT2D eigenvalue weighted by Gasteiger charge is 2.26. The molecule has 168 valence electrons. The quantitative estimate of drug-likeness (QED) is 0.493. The summed E-state index contributed by atoms with van der Waals surface area (Å²) in [4.78, 5) is 27.5. The number of amides is 2. The fourth-order valence-corrected chi connectivity index (χ4v) is 3.62. The van der Waals surface area contributed by atoms with Crippen molar-refractivity contribution in [3.8, 4) is 5.75 Å². The van der Waals surface area contributed by atoms with Crippen molar-refractivity contribution in [1.82, 2.24) is 10.2 Å². The van der Waals surface area contributed by atoms with Gasteiger partial charge in [-0.15, -0.1) is 0 Å². The lowest BCUT2D eigenvalue weighted by Gasteiger charge is -2.29. The SMILES string of the molecule is CC(C)CNC(=O)[C@@H](C)N(Cc1cccc(Cl)c1)C(=O)COc1cccc2ccccc12. The molecule has 0 heterocycles. The van der Waals surface area contributed by atoms with Crippen molar-refractivity contribution in [3.05, 3.63) is 77.3 Å². The first-order chi connectivity index (χ1) is 15.3. The Bertz CT molecular complexity index is 1080. The van der Waals surface area contributed by atoms with Crippen LogP contribution in [0, 0.1) is 5.92 Å². The standard InChI is InChI=1S/C26H29ClN2O3/c1-18(2)15-28-26(31)19(3)29(16-20-8-6-11-22(27)14-20)25(30)17-32-24-13-7-10-21-9-4-5-12-23(21)24/h4-14,18-19H,15-17H2,1-3H3,(H,28,31)/t19-/m1/s1. The van der Waals surface area contributed by atoms with Gasteiger partial charge in [-0.3, -0.25) is 9.59 Å². The summed E-state index contributed by atoms with van der Waals surface area (Å²) < 4.78 is 5.90. The number of benzene rings is 3. The van der Waals surface area contributed by atoms with Crippen LogP contribution in [-0.4, -0.2) is 35.9 Å². The van der Waals surface area contributed by atoms with Crippen LogP contribution in [0.3, 0.4) is 0 Å². The van der Waals surface area contributed by atoms with Gasteiger partial charge in [0.05, 0.1) is 0 Å². The molecule has 6 heteroatoms. The second kappa shape index (κ2) is 11.0. The number of carbonyl (C=O) groups is 2. The van der Waals surface area contributed by atoms with Crippen LogP contribution in [-0.2, 0) is 16.1 Å². The van der Waals surface area contributed by atoms with E-state index in [9.17, 15) is 9.59 Å². The molecule has 1 N–H and O–H groups in total. The van der Waals surface area contributed by atoms with E-state index in [2.05, 4.69) is 5.32 Å². The summed E-state index contributed by atoms with van der Waals surface area (Å²) >= 11 is 6.12. The van der Waals surface area contributed by atoms with Gasteiger partial charge in [0.15, 0.2) is 6.61 Å². The lowest BCUT2D eigenvalue weighted by Crippen LogP contribution is -2.49. The molecule has 0 aromatic heterocycles. The first-order valence-electron chi connectivity index (χ1n) is 10.8. The van der Waals surface area contributed by atoms with E-state index in [1.165, 1.54) is 4.90 Å². The largest absolute Gasteiger partial charge is 0.483 e. The highest BCUT2D eigenvalue weighted by Crippen LogP contribution is 2.25. The van der Waals surface area contributed by atoms with E-state index in [0.717, 1.165) is 16.3 Å². The van der Waals surface area contributed by atoms with Crippen LogP contribution >= 0.6 is 11.6 Å². The molecule has 2 amide bonds. The molecule has 0 saturated heterocycles. The molecule has 0 aliphatic heterocycles. The van der Waals surface area contributed by atoms with Crippen LogP contribution in [0.15, 0.2) is 66.7 Å². The number of carbonyl (C=O) groups excluding carboxylic acids is 2. The molecule has 32 heavy (non-hydrogen) atoms. The van der Waals surface area contributed by atoms with Gasteiger partial charge in [0.2, 0.25) is 5.91 Å². The number of nitrogens with zero attached hydrogens (tertiary/aromatic N) is 1. The Labute approximate surface area is 194 Å². The minimum absolute atomic E-state index is 0.170. The van der Waals surface area contributed by atoms with Gasteiger partial charge in [-0.05, 0) is 42.0 Å². The van der Waals surface area contributed by atoms with Gasteiger partial charge in [-0.1, -0.05) is 74.0 Å². The van der Waals surface area contributed by atoms with E-state index >= 15 is 0 Å². The van der Waals surface area contributed by atoms with Crippen molar-refractivity contribution in [1.29, 1.82) is 0 Å². The average Bonchev–Trinajstić information content (AvgIpc) is 2.79. The molecule has 0 aliphatic carbocycles. The molecule has 0 spiro atoms. The predicted molar refractivity (Wildman–Crippen MR) is 129 cm³/mol. The van der Waals surface area contributed by atoms with E-state index < -0.39 is 6.04 Å². The zero-order valence-corrected chi connectivity index (χ0v) is 19.4. The van der Waals surface area contributed by atoms with E-state index in [-0.39, 0.29) is 25.0 Å². The summed E-state index contributed by atoms with van der Waals surface area (Å²) in [5, 5.41) is 5.47. The molecular weight excluding hydrogens is 424 g/mol. The molecule has 3 rings (SSSR count).